The average molecular weight is 445 g/mol. The first-order valence-corrected chi connectivity index (χ1v) is 9.52. The number of nitrogens with one attached hydrogen (secondary N) is 2. The van der Waals surface area contributed by atoms with E-state index in [0.29, 0.717) is 0 Å². The van der Waals surface area contributed by atoms with Crippen molar-refractivity contribution in [1.29, 1.82) is 0 Å². The van der Waals surface area contributed by atoms with Crippen molar-refractivity contribution in [2.24, 2.45) is 0 Å². The summed E-state index contributed by atoms with van der Waals surface area (Å²) in [6.45, 7) is 2.10. The number of hydrogen-bond acceptors (Lipinski definition) is 7. The second-order valence-corrected chi connectivity index (χ2v) is 7.04. The molecule has 0 aliphatic carbocycles. The third kappa shape index (κ3) is 4.86. The van der Waals surface area contributed by atoms with E-state index in [2.05, 4.69) is 5.32 Å². The molecule has 1 aromatic rings. The van der Waals surface area contributed by atoms with Gasteiger partial charge in [-0.05, 0) is 12.2 Å². The summed E-state index contributed by atoms with van der Waals surface area (Å²) in [5, 5.41) is 12.6. The number of hydrogen-bond donors (Lipinski definition) is 3. The van der Waals surface area contributed by atoms with Crippen molar-refractivity contribution >= 4 is 40.7 Å². The third-order valence-electron chi connectivity index (χ3n) is 4.59. The Kier molecular flexibility index (Phi) is 6.84. The van der Waals surface area contributed by atoms with Crippen molar-refractivity contribution in [3.8, 4) is 0 Å². The Balaban J connectivity index is 1.73. The molecule has 0 aromatic heterocycles. The molecule has 3 N–H and O–H groups in total. The Bertz CT molecular complexity index is 822. The van der Waals surface area contributed by atoms with Gasteiger partial charge in [0.15, 0.2) is 11.6 Å². The lowest BCUT2D eigenvalue weighted by Gasteiger charge is -2.24. The number of ether oxygens (including phenoxy) is 1. The molecular weight excluding hydrogens is 424 g/mol. The standard InChI is InChI=1S/C17H21F2N5O5S/c1-10(25)20-8-12-9-23(17(26)29-12)11-6-13(18)15(14(19)7-11)22-2-3-24(16(30)21-27)28-5-4-22/h6-7,12,27H,2-5,8-9H2,1H3,(H,20,25)(H,21,30)/t12-/m0/s1. The van der Waals surface area contributed by atoms with Crippen LogP contribution < -0.4 is 20.6 Å². The van der Waals surface area contributed by atoms with Crippen LogP contribution in [0.5, 0.6) is 0 Å². The zero-order valence-electron chi connectivity index (χ0n) is 16.1. The predicted octanol–water partition coefficient (Wildman–Crippen LogP) is 0.743. The van der Waals surface area contributed by atoms with Crippen LogP contribution >= 0.6 is 12.2 Å². The van der Waals surface area contributed by atoms with Gasteiger partial charge in [0.05, 0.1) is 31.9 Å². The number of carbonyl (C=O) groups is 2. The molecule has 2 fully saturated rings. The van der Waals surface area contributed by atoms with Gasteiger partial charge >= 0.3 is 6.09 Å². The lowest BCUT2D eigenvalue weighted by atomic mass is 10.2. The van der Waals surface area contributed by atoms with E-state index >= 15 is 0 Å². The van der Waals surface area contributed by atoms with Crippen molar-refractivity contribution < 1.29 is 33.2 Å². The van der Waals surface area contributed by atoms with Crippen LogP contribution in [0, 0.1) is 11.6 Å². The van der Waals surface area contributed by atoms with Crippen LogP contribution in [-0.2, 0) is 14.4 Å². The molecule has 2 amide bonds. The molecule has 3 rings (SSSR count). The lowest BCUT2D eigenvalue weighted by molar-refractivity contribution is -0.119. The Morgan fingerprint density at radius 2 is 2.00 bits per heavy atom. The zero-order chi connectivity index (χ0) is 21.8. The second kappa shape index (κ2) is 9.36. The van der Waals surface area contributed by atoms with Crippen molar-refractivity contribution in [1.82, 2.24) is 15.9 Å². The Hall–Kier alpha value is -2.77. The summed E-state index contributed by atoms with van der Waals surface area (Å²) < 4.78 is 34.8. The van der Waals surface area contributed by atoms with Crippen LogP contribution in [0.4, 0.5) is 25.0 Å². The fourth-order valence-corrected chi connectivity index (χ4v) is 3.34. The SMILES string of the molecule is CC(=O)NC[C@H]1CN(c2cc(F)c(N3CCON(C(=S)NO)CC3)c(F)c2)C(=O)O1. The molecule has 2 heterocycles. The molecule has 2 aliphatic heterocycles. The van der Waals surface area contributed by atoms with Gasteiger partial charge in [0.1, 0.15) is 11.8 Å². The van der Waals surface area contributed by atoms with Gasteiger partial charge in [-0.1, -0.05) is 0 Å². The topological polar surface area (TPSA) is 107 Å². The second-order valence-electron chi connectivity index (χ2n) is 6.65. The van der Waals surface area contributed by atoms with Crippen LogP contribution in [-0.4, -0.2) is 72.8 Å². The average Bonchev–Trinajstić information content (AvgIpc) is 2.90. The summed E-state index contributed by atoms with van der Waals surface area (Å²) in [6, 6.07) is 2.12. The minimum absolute atomic E-state index is 0.0161. The first kappa shape index (κ1) is 21.9. The van der Waals surface area contributed by atoms with E-state index in [-0.39, 0.29) is 61.7 Å². The first-order chi connectivity index (χ1) is 14.3. The Morgan fingerprint density at radius 1 is 1.30 bits per heavy atom. The van der Waals surface area contributed by atoms with Gasteiger partial charge in [-0.3, -0.25) is 19.7 Å². The fourth-order valence-electron chi connectivity index (χ4n) is 3.19. The van der Waals surface area contributed by atoms with Gasteiger partial charge < -0.3 is 15.0 Å². The molecule has 1 aromatic carbocycles. The minimum atomic E-state index is -0.848. The number of halogens is 2. The quantitative estimate of drug-likeness (QED) is 0.457. The molecule has 0 spiro atoms. The highest BCUT2D eigenvalue weighted by Gasteiger charge is 2.34. The number of benzene rings is 1. The van der Waals surface area contributed by atoms with Crippen molar-refractivity contribution in [3.63, 3.8) is 0 Å². The zero-order valence-corrected chi connectivity index (χ0v) is 16.9. The molecule has 2 aliphatic rings. The predicted molar refractivity (Wildman–Crippen MR) is 105 cm³/mol. The summed E-state index contributed by atoms with van der Waals surface area (Å²) in [7, 11) is 0. The highest BCUT2D eigenvalue weighted by molar-refractivity contribution is 7.80. The van der Waals surface area contributed by atoms with E-state index in [0.717, 1.165) is 17.0 Å². The van der Waals surface area contributed by atoms with E-state index in [4.69, 9.17) is 27.0 Å². The first-order valence-electron chi connectivity index (χ1n) is 9.11. The number of thiocarbonyl (C=S) groups is 1. The van der Waals surface area contributed by atoms with E-state index in [9.17, 15) is 18.4 Å². The maximum atomic E-state index is 14.8. The number of carbonyl (C=O) groups excluding carboxylic acids is 2. The van der Waals surface area contributed by atoms with E-state index in [1.807, 2.05) is 0 Å². The highest BCUT2D eigenvalue weighted by Crippen LogP contribution is 2.31. The summed E-state index contributed by atoms with van der Waals surface area (Å²) in [5.41, 5.74) is 1.56. The smallest absolute Gasteiger partial charge is 0.414 e. The number of cyclic esters (lactones) is 1. The molecule has 164 valence electrons. The van der Waals surface area contributed by atoms with E-state index in [1.54, 1.807) is 5.48 Å². The number of nitrogens with zero attached hydrogens (tertiary/aromatic N) is 3. The number of hydroxylamine groups is 3. The summed E-state index contributed by atoms with van der Waals surface area (Å²) in [5.74, 6) is -1.97. The van der Waals surface area contributed by atoms with Crippen LogP contribution in [0.15, 0.2) is 12.1 Å². The minimum Gasteiger partial charge on any atom is -0.442 e. The van der Waals surface area contributed by atoms with Gasteiger partial charge in [0, 0.05) is 32.1 Å². The molecule has 0 radical (unpaired) electrons. The monoisotopic (exact) mass is 445 g/mol. The Morgan fingerprint density at radius 3 is 2.63 bits per heavy atom. The van der Waals surface area contributed by atoms with Gasteiger partial charge in [-0.25, -0.2) is 24.1 Å². The van der Waals surface area contributed by atoms with Gasteiger partial charge in [-0.15, -0.1) is 0 Å². The molecule has 0 bridgehead atoms. The maximum Gasteiger partial charge on any atom is 0.414 e. The van der Waals surface area contributed by atoms with Crippen LogP contribution in [0.3, 0.4) is 0 Å². The van der Waals surface area contributed by atoms with Crippen LogP contribution in [0.25, 0.3) is 0 Å². The van der Waals surface area contributed by atoms with E-state index in [1.165, 1.54) is 16.9 Å². The molecule has 0 saturated carbocycles. The fraction of sp³-hybridized carbons (Fsp3) is 0.471. The largest absolute Gasteiger partial charge is 0.442 e. The third-order valence-corrected chi connectivity index (χ3v) is 4.88. The van der Waals surface area contributed by atoms with Crippen molar-refractivity contribution in [2.75, 3.05) is 49.1 Å². The van der Waals surface area contributed by atoms with Gasteiger partial charge in [0.25, 0.3) is 0 Å². The maximum absolute atomic E-state index is 14.8. The Labute approximate surface area is 176 Å². The van der Waals surface area contributed by atoms with Crippen molar-refractivity contribution in [3.05, 3.63) is 23.8 Å². The molecule has 2 saturated heterocycles. The number of amides is 2. The van der Waals surface area contributed by atoms with Crippen LogP contribution in [0.1, 0.15) is 6.92 Å². The normalized spacial score (nSPS) is 19.4. The molecule has 1 atom stereocenters. The summed E-state index contributed by atoms with van der Waals surface area (Å²) >= 11 is 4.87. The van der Waals surface area contributed by atoms with Crippen molar-refractivity contribution in [2.45, 2.75) is 13.0 Å². The number of rotatable bonds is 4. The molecule has 10 nitrogen and oxygen atoms in total. The molecule has 0 unspecified atom stereocenters. The number of anilines is 2. The van der Waals surface area contributed by atoms with E-state index < -0.39 is 23.8 Å². The lowest BCUT2D eigenvalue weighted by Crippen LogP contribution is -2.40. The highest BCUT2D eigenvalue weighted by atomic mass is 32.1. The summed E-state index contributed by atoms with van der Waals surface area (Å²) in [4.78, 5) is 31.0. The van der Waals surface area contributed by atoms with Gasteiger partial charge in [-0.2, -0.15) is 0 Å². The van der Waals surface area contributed by atoms with Gasteiger partial charge in [0.2, 0.25) is 11.0 Å². The molecule has 13 heteroatoms. The molecular formula is C17H21F2N5O5S. The molecule has 30 heavy (non-hydrogen) atoms. The van der Waals surface area contributed by atoms with Crippen LogP contribution in [0.2, 0.25) is 0 Å². The summed E-state index contributed by atoms with van der Waals surface area (Å²) in [6.07, 6.45) is -1.37.